The van der Waals surface area contributed by atoms with Crippen LogP contribution in [-0.2, 0) is 11.0 Å². The number of carbonyl (C=O) groups excluding carboxylic acids is 2. The molecule has 178 valence electrons. The number of amides is 2. The van der Waals surface area contributed by atoms with Crippen molar-refractivity contribution in [1.29, 1.82) is 0 Å². The van der Waals surface area contributed by atoms with Crippen molar-refractivity contribution in [2.75, 3.05) is 17.2 Å². The molecule has 0 saturated carbocycles. The Labute approximate surface area is 197 Å². The second-order valence-electron chi connectivity index (χ2n) is 7.51. The molecular formula is C26H18F4N2O3. The van der Waals surface area contributed by atoms with Gasteiger partial charge in [0.1, 0.15) is 11.6 Å². The van der Waals surface area contributed by atoms with E-state index < -0.39 is 41.7 Å². The number of hydrogen-bond donors (Lipinski definition) is 2. The first-order valence-electron chi connectivity index (χ1n) is 10.4. The topological polar surface area (TPSA) is 67.4 Å². The van der Waals surface area contributed by atoms with Crippen LogP contribution in [-0.4, -0.2) is 18.4 Å². The van der Waals surface area contributed by atoms with Crippen molar-refractivity contribution in [3.05, 3.63) is 102 Å². The summed E-state index contributed by atoms with van der Waals surface area (Å²) >= 11 is 0. The molecule has 35 heavy (non-hydrogen) atoms. The fourth-order valence-corrected chi connectivity index (χ4v) is 3.46. The van der Waals surface area contributed by atoms with Crippen molar-refractivity contribution < 1.29 is 31.9 Å². The van der Waals surface area contributed by atoms with E-state index in [9.17, 15) is 27.2 Å². The molecule has 2 N–H and O–H groups in total. The summed E-state index contributed by atoms with van der Waals surface area (Å²) in [6.07, 6.45) is -4.84. The number of hydrogen-bond acceptors (Lipinski definition) is 3. The maximum atomic E-state index is 13.8. The zero-order valence-electron chi connectivity index (χ0n) is 18.0. The summed E-state index contributed by atoms with van der Waals surface area (Å²) < 4.78 is 60.3. The summed E-state index contributed by atoms with van der Waals surface area (Å²) in [5, 5.41) is 6.08. The zero-order valence-corrected chi connectivity index (χ0v) is 18.0. The van der Waals surface area contributed by atoms with Crippen LogP contribution in [0.4, 0.5) is 28.9 Å². The van der Waals surface area contributed by atoms with E-state index in [1.807, 2.05) is 18.2 Å². The largest absolute Gasteiger partial charge is 0.483 e. The fourth-order valence-electron chi connectivity index (χ4n) is 3.46. The highest BCUT2D eigenvalue weighted by molar-refractivity contribution is 6.04. The van der Waals surface area contributed by atoms with Gasteiger partial charge >= 0.3 is 6.18 Å². The minimum Gasteiger partial charge on any atom is -0.483 e. The molecule has 0 atom stereocenters. The molecule has 5 nitrogen and oxygen atoms in total. The number of alkyl halides is 3. The molecular weight excluding hydrogens is 464 g/mol. The van der Waals surface area contributed by atoms with Gasteiger partial charge in [-0.15, -0.1) is 0 Å². The van der Waals surface area contributed by atoms with Crippen molar-refractivity contribution in [3.8, 4) is 5.75 Å². The third-order valence-electron chi connectivity index (χ3n) is 5.08. The van der Waals surface area contributed by atoms with Crippen LogP contribution >= 0.6 is 0 Å². The van der Waals surface area contributed by atoms with Gasteiger partial charge in [0, 0.05) is 11.1 Å². The predicted molar refractivity (Wildman–Crippen MR) is 124 cm³/mol. The first kappa shape index (κ1) is 23.7. The van der Waals surface area contributed by atoms with Gasteiger partial charge in [-0.1, -0.05) is 48.5 Å². The lowest BCUT2D eigenvalue weighted by Gasteiger charge is -2.16. The van der Waals surface area contributed by atoms with Crippen LogP contribution in [0.1, 0.15) is 15.9 Å². The van der Waals surface area contributed by atoms with E-state index in [2.05, 4.69) is 10.6 Å². The Morgan fingerprint density at radius 1 is 0.829 bits per heavy atom. The van der Waals surface area contributed by atoms with E-state index in [1.54, 1.807) is 24.3 Å². The molecule has 0 fully saturated rings. The van der Waals surface area contributed by atoms with E-state index in [-0.39, 0.29) is 11.3 Å². The van der Waals surface area contributed by atoms with Gasteiger partial charge in [0.2, 0.25) is 0 Å². The van der Waals surface area contributed by atoms with Gasteiger partial charge in [-0.25, -0.2) is 4.39 Å². The first-order valence-corrected chi connectivity index (χ1v) is 10.4. The summed E-state index contributed by atoms with van der Waals surface area (Å²) in [6.45, 7) is -0.517. The Balaban J connectivity index is 1.49. The van der Waals surface area contributed by atoms with E-state index in [0.717, 1.165) is 22.9 Å². The van der Waals surface area contributed by atoms with Gasteiger partial charge in [-0.3, -0.25) is 9.59 Å². The Kier molecular flexibility index (Phi) is 6.68. The fraction of sp³-hybridized carbons (Fsp3) is 0.0769. The molecule has 0 bridgehead atoms. The highest BCUT2D eigenvalue weighted by Crippen LogP contribution is 2.37. The number of benzene rings is 4. The number of fused-ring (bicyclic) bond motifs is 1. The Morgan fingerprint density at radius 2 is 1.54 bits per heavy atom. The Hall–Kier alpha value is -4.40. The highest BCUT2D eigenvalue weighted by atomic mass is 19.4. The maximum Gasteiger partial charge on any atom is 0.418 e. The lowest BCUT2D eigenvalue weighted by Crippen LogP contribution is -2.23. The molecule has 0 saturated heterocycles. The molecule has 4 aromatic rings. The molecule has 9 heteroatoms. The Morgan fingerprint density at radius 3 is 2.31 bits per heavy atom. The monoisotopic (exact) mass is 482 g/mol. The van der Waals surface area contributed by atoms with Crippen molar-refractivity contribution in [1.82, 2.24) is 0 Å². The minimum absolute atomic E-state index is 0.212. The molecule has 0 spiro atoms. The molecule has 4 aromatic carbocycles. The highest BCUT2D eigenvalue weighted by Gasteiger charge is 2.34. The lowest BCUT2D eigenvalue weighted by atomic mass is 10.1. The zero-order chi connectivity index (χ0) is 25.0. The smallest absolute Gasteiger partial charge is 0.418 e. The Bertz CT molecular complexity index is 1400. The van der Waals surface area contributed by atoms with Gasteiger partial charge in [-0.05, 0) is 41.8 Å². The average molecular weight is 482 g/mol. The van der Waals surface area contributed by atoms with Crippen molar-refractivity contribution >= 4 is 34.0 Å². The van der Waals surface area contributed by atoms with Gasteiger partial charge in [0.25, 0.3) is 11.8 Å². The van der Waals surface area contributed by atoms with Crippen LogP contribution in [0.15, 0.2) is 84.9 Å². The number of carbonyl (C=O) groups is 2. The lowest BCUT2D eigenvalue weighted by molar-refractivity contribution is -0.137. The predicted octanol–water partition coefficient (Wildman–Crippen LogP) is 6.27. The third kappa shape index (κ3) is 5.57. The summed E-state index contributed by atoms with van der Waals surface area (Å²) in [7, 11) is 0. The number of nitrogens with one attached hydrogen (secondary N) is 2. The molecule has 2 amide bonds. The van der Waals surface area contributed by atoms with Crippen molar-refractivity contribution in [2.45, 2.75) is 6.18 Å². The number of ether oxygens (including phenoxy) is 1. The van der Waals surface area contributed by atoms with E-state index in [1.165, 1.54) is 24.3 Å². The van der Waals surface area contributed by atoms with Gasteiger partial charge < -0.3 is 15.4 Å². The first-order chi connectivity index (χ1) is 16.7. The van der Waals surface area contributed by atoms with Gasteiger partial charge in [0.05, 0.1) is 16.8 Å². The molecule has 4 rings (SSSR count). The average Bonchev–Trinajstić information content (AvgIpc) is 2.83. The summed E-state index contributed by atoms with van der Waals surface area (Å²) in [6, 6.07) is 20.5. The van der Waals surface area contributed by atoms with Gasteiger partial charge in [0.15, 0.2) is 6.61 Å². The molecule has 0 aliphatic rings. The summed E-state index contributed by atoms with van der Waals surface area (Å²) in [4.78, 5) is 24.6. The third-order valence-corrected chi connectivity index (χ3v) is 5.08. The SMILES string of the molecule is O=C(COc1cccc2ccccc12)Nc1ccc(NC(=O)c2ccccc2F)cc1C(F)(F)F. The summed E-state index contributed by atoms with van der Waals surface area (Å²) in [5.74, 6) is -2.10. The molecule has 0 aromatic heterocycles. The van der Waals surface area contributed by atoms with Crippen LogP contribution in [0.5, 0.6) is 5.75 Å². The van der Waals surface area contributed by atoms with Crippen LogP contribution in [0.25, 0.3) is 10.8 Å². The number of halogens is 4. The van der Waals surface area contributed by atoms with Crippen molar-refractivity contribution in [3.63, 3.8) is 0 Å². The normalized spacial score (nSPS) is 11.2. The van der Waals surface area contributed by atoms with Crippen LogP contribution < -0.4 is 15.4 Å². The van der Waals surface area contributed by atoms with E-state index in [0.29, 0.717) is 11.8 Å². The van der Waals surface area contributed by atoms with E-state index in [4.69, 9.17) is 4.74 Å². The molecule has 0 radical (unpaired) electrons. The second kappa shape index (κ2) is 9.84. The van der Waals surface area contributed by atoms with Crippen LogP contribution in [0.3, 0.4) is 0 Å². The molecule has 0 aliphatic heterocycles. The van der Waals surface area contributed by atoms with Crippen LogP contribution in [0.2, 0.25) is 0 Å². The maximum absolute atomic E-state index is 13.8. The molecule has 0 aliphatic carbocycles. The minimum atomic E-state index is -4.84. The van der Waals surface area contributed by atoms with Gasteiger partial charge in [-0.2, -0.15) is 13.2 Å². The molecule has 0 heterocycles. The summed E-state index contributed by atoms with van der Waals surface area (Å²) in [5.41, 5.74) is -2.21. The molecule has 0 unspecified atom stereocenters. The van der Waals surface area contributed by atoms with Crippen LogP contribution in [0, 0.1) is 5.82 Å². The number of rotatable bonds is 6. The quantitative estimate of drug-likeness (QED) is 0.319. The van der Waals surface area contributed by atoms with Crippen molar-refractivity contribution in [2.24, 2.45) is 0 Å². The second-order valence-corrected chi connectivity index (χ2v) is 7.51. The number of anilines is 2. The van der Waals surface area contributed by atoms with E-state index >= 15 is 0 Å². The standard InChI is InChI=1S/C26H18F4N2O3/c27-21-10-4-3-9-19(21)25(34)31-17-12-13-22(20(14-17)26(28,29)30)32-24(33)15-35-23-11-5-7-16-6-1-2-8-18(16)23/h1-14H,15H2,(H,31,34)(H,32,33).